The fraction of sp³-hybridized carbons (Fsp3) is 0.417. The summed E-state index contributed by atoms with van der Waals surface area (Å²) in [6, 6.07) is 12.8. The topological polar surface area (TPSA) is 34.9 Å². The van der Waals surface area contributed by atoms with Crippen LogP contribution in [0.2, 0.25) is 0 Å². The van der Waals surface area contributed by atoms with Crippen LogP contribution in [0, 0.1) is 6.92 Å². The molecule has 2 heterocycles. The number of unbranched alkanes of at least 4 members (excludes halogenated alkanes) is 4. The molecule has 0 bridgehead atoms. The van der Waals surface area contributed by atoms with Gasteiger partial charge in [-0.15, -0.1) is 0 Å². The van der Waals surface area contributed by atoms with Crippen molar-refractivity contribution in [1.82, 2.24) is 9.55 Å². The van der Waals surface area contributed by atoms with E-state index in [0.29, 0.717) is 12.2 Å². The molecule has 3 heteroatoms. The highest BCUT2D eigenvalue weighted by molar-refractivity contribution is 5.80. The van der Waals surface area contributed by atoms with Gasteiger partial charge in [0.15, 0.2) is 0 Å². The molecular weight excluding hydrogens is 332 g/mol. The molecule has 0 aliphatic carbocycles. The minimum Gasteiger partial charge on any atom is -0.347 e. The minimum atomic E-state index is 0.382. The highest BCUT2D eigenvalue weighted by atomic mass is 16.1. The summed E-state index contributed by atoms with van der Waals surface area (Å²) < 4.78 is 2.36. The fourth-order valence-corrected chi connectivity index (χ4v) is 3.60. The Bertz CT molecular complexity index is 851. The summed E-state index contributed by atoms with van der Waals surface area (Å²) in [6.07, 6.45) is 13.8. The van der Waals surface area contributed by atoms with Crippen LogP contribution >= 0.6 is 0 Å². The van der Waals surface area contributed by atoms with Gasteiger partial charge < -0.3 is 4.57 Å². The van der Waals surface area contributed by atoms with E-state index >= 15 is 0 Å². The zero-order chi connectivity index (χ0) is 18.9. The Hall–Kier alpha value is -2.42. The number of rotatable bonds is 11. The van der Waals surface area contributed by atoms with E-state index < -0.39 is 0 Å². The third kappa shape index (κ3) is 6.06. The van der Waals surface area contributed by atoms with Crippen LogP contribution < -0.4 is 0 Å². The molecule has 3 rings (SSSR count). The van der Waals surface area contributed by atoms with Crippen LogP contribution in [0.15, 0.2) is 55.0 Å². The molecule has 0 aliphatic rings. The van der Waals surface area contributed by atoms with Gasteiger partial charge in [0.25, 0.3) is 0 Å². The summed E-state index contributed by atoms with van der Waals surface area (Å²) >= 11 is 0. The molecule has 1 aromatic carbocycles. The second kappa shape index (κ2) is 10.1. The molecule has 0 fully saturated rings. The first-order chi connectivity index (χ1) is 13.2. The number of ketones is 1. The zero-order valence-electron chi connectivity index (χ0n) is 16.4. The number of aryl methyl sites for hydroxylation is 3. The summed E-state index contributed by atoms with van der Waals surface area (Å²) in [5.41, 5.74) is 3.80. The first-order valence-electron chi connectivity index (χ1n) is 10.2. The first-order valence-corrected chi connectivity index (χ1v) is 10.2. The molecule has 0 N–H and O–H groups in total. The second-order valence-corrected chi connectivity index (χ2v) is 7.49. The monoisotopic (exact) mass is 362 g/mol. The van der Waals surface area contributed by atoms with Crippen molar-refractivity contribution in [3.63, 3.8) is 0 Å². The summed E-state index contributed by atoms with van der Waals surface area (Å²) in [4.78, 5) is 16.1. The predicted octanol–water partition coefficient (Wildman–Crippen LogP) is 5.89. The number of hydrogen-bond donors (Lipinski definition) is 0. The normalized spacial score (nSPS) is 11.1. The van der Waals surface area contributed by atoms with Crippen molar-refractivity contribution in [1.29, 1.82) is 0 Å². The molecule has 0 saturated heterocycles. The van der Waals surface area contributed by atoms with E-state index in [9.17, 15) is 4.79 Å². The van der Waals surface area contributed by atoms with E-state index in [2.05, 4.69) is 46.9 Å². The highest BCUT2D eigenvalue weighted by Crippen LogP contribution is 2.18. The maximum absolute atomic E-state index is 12.0. The molecule has 27 heavy (non-hydrogen) atoms. The van der Waals surface area contributed by atoms with Gasteiger partial charge in [0.05, 0.1) is 0 Å². The number of fused-ring (bicyclic) bond motifs is 1. The van der Waals surface area contributed by atoms with Gasteiger partial charge in [-0.05, 0) is 61.4 Å². The van der Waals surface area contributed by atoms with Crippen molar-refractivity contribution in [2.24, 2.45) is 0 Å². The van der Waals surface area contributed by atoms with Gasteiger partial charge in [-0.25, -0.2) is 0 Å². The van der Waals surface area contributed by atoms with Crippen molar-refractivity contribution in [3.05, 3.63) is 66.1 Å². The predicted molar refractivity (Wildman–Crippen MR) is 112 cm³/mol. The molecule has 3 aromatic rings. The van der Waals surface area contributed by atoms with E-state index in [4.69, 9.17) is 0 Å². The van der Waals surface area contributed by atoms with Crippen LogP contribution in [-0.4, -0.2) is 15.3 Å². The Morgan fingerprint density at radius 1 is 1.00 bits per heavy atom. The Kier molecular flexibility index (Phi) is 7.20. The SMILES string of the molecule is Cc1ccc2c(ccn2CCCCCCCC(=O)CCc2cccnc2)c1. The molecule has 0 unspecified atom stereocenters. The summed E-state index contributed by atoms with van der Waals surface area (Å²) in [5.74, 6) is 0.382. The quantitative estimate of drug-likeness (QED) is 0.399. The lowest BCUT2D eigenvalue weighted by atomic mass is 10.0. The minimum absolute atomic E-state index is 0.382. The molecule has 0 aliphatic heterocycles. The third-order valence-corrected chi connectivity index (χ3v) is 5.20. The molecule has 0 amide bonds. The van der Waals surface area contributed by atoms with E-state index in [1.165, 1.54) is 35.7 Å². The Labute approximate surface area is 162 Å². The summed E-state index contributed by atoms with van der Waals surface area (Å²) in [5, 5.41) is 1.33. The number of carbonyl (C=O) groups is 1. The van der Waals surface area contributed by atoms with Crippen molar-refractivity contribution in [2.45, 2.75) is 64.8 Å². The van der Waals surface area contributed by atoms with Gasteiger partial charge in [-0.3, -0.25) is 9.78 Å². The lowest BCUT2D eigenvalue weighted by Gasteiger charge is -2.06. The molecule has 2 aromatic heterocycles. The number of hydrogen-bond acceptors (Lipinski definition) is 2. The van der Waals surface area contributed by atoms with Crippen molar-refractivity contribution in [2.75, 3.05) is 0 Å². The van der Waals surface area contributed by atoms with Crippen LogP contribution in [0.3, 0.4) is 0 Å². The number of carbonyl (C=O) groups excluding carboxylic acids is 1. The smallest absolute Gasteiger partial charge is 0.133 e. The lowest BCUT2D eigenvalue weighted by molar-refractivity contribution is -0.119. The second-order valence-electron chi connectivity index (χ2n) is 7.49. The standard InChI is InChI=1S/C24H30N2O/c1-20-10-13-24-22(18-20)14-17-26(24)16-6-4-2-3-5-9-23(27)12-11-21-8-7-15-25-19-21/h7-8,10,13-15,17-19H,2-6,9,11-12,16H2,1H3. The largest absolute Gasteiger partial charge is 0.347 e. The number of nitrogens with zero attached hydrogens (tertiary/aromatic N) is 2. The van der Waals surface area contributed by atoms with Crippen molar-refractivity contribution < 1.29 is 4.79 Å². The van der Waals surface area contributed by atoms with E-state index in [1.54, 1.807) is 6.20 Å². The van der Waals surface area contributed by atoms with Gasteiger partial charge >= 0.3 is 0 Å². The zero-order valence-corrected chi connectivity index (χ0v) is 16.4. The first kappa shape index (κ1) is 19.3. The third-order valence-electron chi connectivity index (χ3n) is 5.20. The lowest BCUT2D eigenvalue weighted by Crippen LogP contribution is -2.00. The Balaban J connectivity index is 1.25. The molecular formula is C24H30N2O. The molecule has 0 spiro atoms. The van der Waals surface area contributed by atoms with Crippen LogP contribution in [0.5, 0.6) is 0 Å². The van der Waals surface area contributed by atoms with Gasteiger partial charge in [-0.2, -0.15) is 0 Å². The maximum atomic E-state index is 12.0. The number of aromatic nitrogens is 2. The molecule has 0 saturated carbocycles. The molecule has 0 atom stereocenters. The summed E-state index contributed by atoms with van der Waals surface area (Å²) in [6.45, 7) is 3.22. The fourth-order valence-electron chi connectivity index (χ4n) is 3.60. The summed E-state index contributed by atoms with van der Waals surface area (Å²) in [7, 11) is 0. The number of Topliss-reactive ketones (excluding diaryl/α,β-unsaturated/α-hetero) is 1. The van der Waals surface area contributed by atoms with Gasteiger partial charge in [0.2, 0.25) is 0 Å². The van der Waals surface area contributed by atoms with E-state index in [0.717, 1.165) is 37.8 Å². The highest BCUT2D eigenvalue weighted by Gasteiger charge is 2.04. The van der Waals surface area contributed by atoms with E-state index in [1.807, 2.05) is 18.3 Å². The van der Waals surface area contributed by atoms with Crippen LogP contribution in [0.1, 0.15) is 56.1 Å². The average Bonchev–Trinajstić information content (AvgIpc) is 3.08. The van der Waals surface area contributed by atoms with Crippen molar-refractivity contribution >= 4 is 16.7 Å². The van der Waals surface area contributed by atoms with Crippen LogP contribution in [-0.2, 0) is 17.8 Å². The van der Waals surface area contributed by atoms with Crippen LogP contribution in [0.4, 0.5) is 0 Å². The number of pyridine rings is 1. The van der Waals surface area contributed by atoms with Gasteiger partial charge in [-0.1, -0.05) is 37.0 Å². The van der Waals surface area contributed by atoms with E-state index in [-0.39, 0.29) is 0 Å². The van der Waals surface area contributed by atoms with Crippen molar-refractivity contribution in [3.8, 4) is 0 Å². The average molecular weight is 363 g/mol. The molecule has 3 nitrogen and oxygen atoms in total. The van der Waals surface area contributed by atoms with Gasteiger partial charge in [0, 0.05) is 43.5 Å². The number of benzene rings is 1. The maximum Gasteiger partial charge on any atom is 0.133 e. The van der Waals surface area contributed by atoms with Gasteiger partial charge in [0.1, 0.15) is 5.78 Å². The molecule has 0 radical (unpaired) electrons. The Morgan fingerprint density at radius 2 is 1.85 bits per heavy atom. The molecule has 142 valence electrons. The Morgan fingerprint density at radius 3 is 2.70 bits per heavy atom. The van der Waals surface area contributed by atoms with Crippen LogP contribution in [0.25, 0.3) is 10.9 Å².